The van der Waals surface area contributed by atoms with E-state index in [9.17, 15) is 17.6 Å². The number of carbonyl (C=O) groups excluding carboxylic acids is 1. The van der Waals surface area contributed by atoms with Gasteiger partial charge in [-0.25, -0.2) is 12.8 Å². The lowest BCUT2D eigenvalue weighted by Gasteiger charge is -2.34. The zero-order valence-electron chi connectivity index (χ0n) is 16.6. The summed E-state index contributed by atoms with van der Waals surface area (Å²) in [6.07, 6.45) is 0.961. The molecule has 2 aromatic carbocycles. The van der Waals surface area contributed by atoms with Crippen molar-refractivity contribution < 1.29 is 17.6 Å². The summed E-state index contributed by atoms with van der Waals surface area (Å²) in [5.74, 6) is -1.05. The lowest BCUT2D eigenvalue weighted by atomic mass is 9.94. The lowest BCUT2D eigenvalue weighted by Crippen LogP contribution is -2.42. The highest BCUT2D eigenvalue weighted by molar-refractivity contribution is 7.89. The zero-order chi connectivity index (χ0) is 21.3. The number of carbonyl (C=O) groups is 1. The van der Waals surface area contributed by atoms with Crippen LogP contribution >= 0.6 is 11.6 Å². The van der Waals surface area contributed by atoms with Crippen molar-refractivity contribution in [1.29, 1.82) is 0 Å². The molecular weight excluding hydrogens is 415 g/mol. The molecule has 1 amide bonds. The molecule has 29 heavy (non-hydrogen) atoms. The van der Waals surface area contributed by atoms with Crippen LogP contribution in [0.15, 0.2) is 41.3 Å². The number of halogens is 2. The number of benzene rings is 2. The highest BCUT2D eigenvalue weighted by Gasteiger charge is 2.32. The van der Waals surface area contributed by atoms with Crippen LogP contribution in [0.25, 0.3) is 0 Å². The first-order chi connectivity index (χ1) is 13.6. The fourth-order valence-electron chi connectivity index (χ4n) is 3.66. The summed E-state index contributed by atoms with van der Waals surface area (Å²) in [6, 6.07) is 8.25. The third-order valence-corrected chi connectivity index (χ3v) is 7.32. The van der Waals surface area contributed by atoms with E-state index in [-0.39, 0.29) is 22.3 Å². The fraction of sp³-hybridized carbons (Fsp3) is 0.381. The molecule has 0 aromatic heterocycles. The maximum atomic E-state index is 14.3. The van der Waals surface area contributed by atoms with Crippen LogP contribution in [0, 0.1) is 24.6 Å². The van der Waals surface area contributed by atoms with Crippen molar-refractivity contribution in [2.45, 2.75) is 32.1 Å². The van der Waals surface area contributed by atoms with Gasteiger partial charge < -0.3 is 5.32 Å². The van der Waals surface area contributed by atoms with Crippen LogP contribution in [-0.2, 0) is 10.0 Å². The third kappa shape index (κ3) is 4.79. The van der Waals surface area contributed by atoms with E-state index < -0.39 is 21.7 Å². The molecule has 156 valence electrons. The van der Waals surface area contributed by atoms with Crippen LogP contribution in [0.3, 0.4) is 0 Å². The molecule has 1 N–H and O–H groups in total. The van der Waals surface area contributed by atoms with E-state index in [0.717, 1.165) is 24.1 Å². The minimum atomic E-state index is -3.82. The van der Waals surface area contributed by atoms with Crippen molar-refractivity contribution in [1.82, 2.24) is 4.31 Å². The molecule has 8 heteroatoms. The number of hydrogen-bond donors (Lipinski definition) is 1. The van der Waals surface area contributed by atoms with Gasteiger partial charge in [-0.1, -0.05) is 31.5 Å². The quantitative estimate of drug-likeness (QED) is 0.751. The minimum absolute atomic E-state index is 0.0905. The third-order valence-electron chi connectivity index (χ3n) is 5.09. The molecule has 1 saturated heterocycles. The number of nitrogens with one attached hydrogen (secondary N) is 1. The van der Waals surface area contributed by atoms with Gasteiger partial charge in [0.2, 0.25) is 10.0 Å². The van der Waals surface area contributed by atoms with Gasteiger partial charge in [-0.2, -0.15) is 4.31 Å². The van der Waals surface area contributed by atoms with Gasteiger partial charge >= 0.3 is 0 Å². The van der Waals surface area contributed by atoms with Gasteiger partial charge in [-0.3, -0.25) is 4.79 Å². The van der Waals surface area contributed by atoms with Crippen LogP contribution in [0.2, 0.25) is 5.02 Å². The average molecular weight is 439 g/mol. The number of rotatable bonds is 4. The molecule has 1 fully saturated rings. The van der Waals surface area contributed by atoms with Gasteiger partial charge in [0.25, 0.3) is 5.91 Å². The van der Waals surface area contributed by atoms with E-state index in [1.807, 2.05) is 20.8 Å². The zero-order valence-corrected chi connectivity index (χ0v) is 18.1. The monoisotopic (exact) mass is 438 g/mol. The summed E-state index contributed by atoms with van der Waals surface area (Å²) in [6.45, 7) is 6.66. The molecule has 0 saturated carbocycles. The first kappa shape index (κ1) is 21.7. The molecule has 3 rings (SSSR count). The molecule has 5 nitrogen and oxygen atoms in total. The standard InChI is InChI=1S/C21H24ClFN2O3S/c1-13-8-14(2)12-25(11-13)29(27,28)17-6-7-20(23)18(10-17)21(26)24-16-5-4-15(3)19(22)9-16/h4-7,9-10,13-14H,8,11-12H2,1-3H3,(H,24,26). The number of nitrogens with zero attached hydrogens (tertiary/aromatic N) is 1. The number of hydrogen-bond acceptors (Lipinski definition) is 3. The Balaban J connectivity index is 1.89. The minimum Gasteiger partial charge on any atom is -0.322 e. The number of aryl methyl sites for hydroxylation is 1. The lowest BCUT2D eigenvalue weighted by molar-refractivity contribution is 0.102. The van der Waals surface area contributed by atoms with Crippen LogP contribution < -0.4 is 5.32 Å². The highest BCUT2D eigenvalue weighted by atomic mass is 35.5. The van der Waals surface area contributed by atoms with Crippen molar-refractivity contribution in [2.75, 3.05) is 18.4 Å². The fourth-order valence-corrected chi connectivity index (χ4v) is 5.55. The van der Waals surface area contributed by atoms with Gasteiger partial charge in [0.15, 0.2) is 0 Å². The van der Waals surface area contributed by atoms with Gasteiger partial charge in [0, 0.05) is 23.8 Å². The second-order valence-electron chi connectivity index (χ2n) is 7.83. The summed E-state index contributed by atoms with van der Waals surface area (Å²) in [7, 11) is -3.82. The molecular formula is C21H24ClFN2O3S. The Labute approximate surface area is 175 Å². The number of piperidine rings is 1. The molecule has 1 heterocycles. The van der Waals surface area contributed by atoms with Crippen molar-refractivity contribution >= 4 is 33.2 Å². The molecule has 1 aliphatic heterocycles. The normalized spacial score (nSPS) is 20.4. The van der Waals surface area contributed by atoms with Gasteiger partial charge in [-0.15, -0.1) is 0 Å². The van der Waals surface area contributed by atoms with E-state index in [4.69, 9.17) is 11.6 Å². The van der Waals surface area contributed by atoms with E-state index in [2.05, 4.69) is 5.32 Å². The predicted octanol–water partition coefficient (Wildman–Crippen LogP) is 4.71. The second-order valence-corrected chi connectivity index (χ2v) is 10.2. The topological polar surface area (TPSA) is 66.5 Å². The Morgan fingerprint density at radius 1 is 1.14 bits per heavy atom. The molecule has 2 atom stereocenters. The van der Waals surface area contributed by atoms with E-state index in [1.165, 1.54) is 10.4 Å². The second kappa shape index (κ2) is 8.42. The molecule has 0 bridgehead atoms. The Bertz CT molecular complexity index is 1030. The largest absolute Gasteiger partial charge is 0.322 e. The van der Waals surface area contributed by atoms with Crippen LogP contribution in [0.4, 0.5) is 10.1 Å². The highest BCUT2D eigenvalue weighted by Crippen LogP contribution is 2.28. The molecule has 2 unspecified atom stereocenters. The number of anilines is 1. The van der Waals surface area contributed by atoms with Gasteiger partial charge in [0.1, 0.15) is 5.82 Å². The van der Waals surface area contributed by atoms with E-state index >= 15 is 0 Å². The van der Waals surface area contributed by atoms with Crippen molar-refractivity contribution in [3.05, 3.63) is 58.4 Å². The summed E-state index contributed by atoms with van der Waals surface area (Å²) in [4.78, 5) is 12.5. The summed E-state index contributed by atoms with van der Waals surface area (Å²) in [5.41, 5.74) is 0.909. The Hall–Kier alpha value is -1.96. The summed E-state index contributed by atoms with van der Waals surface area (Å²) in [5, 5.41) is 3.03. The van der Waals surface area contributed by atoms with E-state index in [1.54, 1.807) is 18.2 Å². The van der Waals surface area contributed by atoms with Gasteiger partial charge in [-0.05, 0) is 61.1 Å². The van der Waals surface area contributed by atoms with Crippen LogP contribution in [0.5, 0.6) is 0 Å². The average Bonchev–Trinajstić information content (AvgIpc) is 2.64. The summed E-state index contributed by atoms with van der Waals surface area (Å²) < 4.78 is 41.9. The van der Waals surface area contributed by atoms with Gasteiger partial charge in [0.05, 0.1) is 10.5 Å². The Kier molecular flexibility index (Phi) is 6.31. The number of sulfonamides is 1. The SMILES string of the molecule is Cc1ccc(NC(=O)c2cc(S(=O)(=O)N3CC(C)CC(C)C3)ccc2F)cc1Cl. The Morgan fingerprint density at radius 2 is 1.79 bits per heavy atom. The predicted molar refractivity (Wildman–Crippen MR) is 112 cm³/mol. The number of amides is 1. The van der Waals surface area contributed by atoms with Crippen molar-refractivity contribution in [3.8, 4) is 0 Å². The molecule has 0 spiro atoms. The maximum Gasteiger partial charge on any atom is 0.258 e. The van der Waals surface area contributed by atoms with Crippen LogP contribution in [-0.4, -0.2) is 31.7 Å². The first-order valence-electron chi connectivity index (χ1n) is 9.45. The molecule has 1 aliphatic rings. The Morgan fingerprint density at radius 3 is 2.41 bits per heavy atom. The maximum absolute atomic E-state index is 14.3. The first-order valence-corrected chi connectivity index (χ1v) is 11.3. The van der Waals surface area contributed by atoms with E-state index in [0.29, 0.717) is 23.8 Å². The molecule has 0 aliphatic carbocycles. The van der Waals surface area contributed by atoms with Crippen LogP contribution in [0.1, 0.15) is 36.2 Å². The summed E-state index contributed by atoms with van der Waals surface area (Å²) >= 11 is 6.06. The molecule has 0 radical (unpaired) electrons. The molecule has 2 aromatic rings. The van der Waals surface area contributed by atoms with Crippen molar-refractivity contribution in [3.63, 3.8) is 0 Å². The van der Waals surface area contributed by atoms with Crippen molar-refractivity contribution in [2.24, 2.45) is 11.8 Å². The smallest absolute Gasteiger partial charge is 0.258 e.